The van der Waals surface area contributed by atoms with E-state index in [2.05, 4.69) is 11.1 Å². The summed E-state index contributed by atoms with van der Waals surface area (Å²) in [6.07, 6.45) is 3.01. The second-order valence-corrected chi connectivity index (χ2v) is 6.95. The summed E-state index contributed by atoms with van der Waals surface area (Å²) in [7, 11) is 1.54. The van der Waals surface area contributed by atoms with Crippen molar-refractivity contribution < 1.29 is 8.78 Å². The van der Waals surface area contributed by atoms with Crippen molar-refractivity contribution in [3.63, 3.8) is 0 Å². The number of aromatic nitrogens is 3. The summed E-state index contributed by atoms with van der Waals surface area (Å²) in [6, 6.07) is 5.42. The van der Waals surface area contributed by atoms with E-state index in [-0.39, 0.29) is 28.3 Å². The maximum absolute atomic E-state index is 14.0. The first kappa shape index (κ1) is 18.1. The molecule has 144 valence electrons. The van der Waals surface area contributed by atoms with E-state index in [1.807, 2.05) is 4.90 Å². The molecule has 0 bridgehead atoms. The zero-order chi connectivity index (χ0) is 20.0. The van der Waals surface area contributed by atoms with E-state index in [4.69, 9.17) is 5.73 Å². The van der Waals surface area contributed by atoms with Crippen LogP contribution in [-0.4, -0.2) is 33.2 Å². The Bertz CT molecular complexity index is 1180. The first-order valence-electron chi connectivity index (χ1n) is 8.88. The number of piperidine rings is 1. The lowest BCUT2D eigenvalue weighted by Gasteiger charge is -2.33. The highest BCUT2D eigenvalue weighted by molar-refractivity contribution is 5.91. The molecule has 0 radical (unpaired) electrons. The first-order valence-corrected chi connectivity index (χ1v) is 8.88. The molecular formula is C19H18F2N6O. The van der Waals surface area contributed by atoms with Crippen molar-refractivity contribution in [2.24, 2.45) is 12.8 Å². The fraction of sp³-hybridized carbons (Fsp3) is 0.316. The van der Waals surface area contributed by atoms with Gasteiger partial charge in [-0.3, -0.25) is 9.36 Å². The number of halogens is 2. The van der Waals surface area contributed by atoms with E-state index in [1.54, 1.807) is 7.05 Å². The molecular weight excluding hydrogens is 366 g/mol. The lowest BCUT2D eigenvalue weighted by atomic mass is 10.1. The van der Waals surface area contributed by atoms with E-state index >= 15 is 0 Å². The van der Waals surface area contributed by atoms with Gasteiger partial charge in [0, 0.05) is 32.2 Å². The van der Waals surface area contributed by atoms with Crippen LogP contribution in [0.1, 0.15) is 18.4 Å². The fourth-order valence-corrected chi connectivity index (χ4v) is 3.71. The summed E-state index contributed by atoms with van der Waals surface area (Å²) < 4.78 is 30.3. The van der Waals surface area contributed by atoms with Gasteiger partial charge in [0.15, 0.2) is 11.6 Å². The molecule has 2 aromatic heterocycles. The van der Waals surface area contributed by atoms with Crippen molar-refractivity contribution in [1.82, 2.24) is 14.1 Å². The van der Waals surface area contributed by atoms with E-state index in [1.165, 1.54) is 21.5 Å². The van der Waals surface area contributed by atoms with Gasteiger partial charge < -0.3 is 15.2 Å². The molecule has 1 aromatic carbocycles. The van der Waals surface area contributed by atoms with Crippen LogP contribution >= 0.6 is 0 Å². The second kappa shape index (κ2) is 6.73. The number of hydrogen-bond donors (Lipinski definition) is 1. The summed E-state index contributed by atoms with van der Waals surface area (Å²) in [5.74, 6) is -1.61. The smallest absolute Gasteiger partial charge is 0.278 e. The van der Waals surface area contributed by atoms with E-state index < -0.39 is 17.2 Å². The third-order valence-corrected chi connectivity index (χ3v) is 5.03. The largest absolute Gasteiger partial charge is 0.355 e. The van der Waals surface area contributed by atoms with Crippen LogP contribution in [0.15, 0.2) is 29.3 Å². The number of nitrogens with two attached hydrogens (primary N) is 1. The van der Waals surface area contributed by atoms with Crippen LogP contribution in [0.25, 0.3) is 16.7 Å². The zero-order valence-electron chi connectivity index (χ0n) is 15.2. The molecule has 0 saturated carbocycles. The maximum Gasteiger partial charge on any atom is 0.278 e. The molecule has 0 amide bonds. The number of fused-ring (bicyclic) bond motifs is 1. The molecule has 3 heterocycles. The predicted molar refractivity (Wildman–Crippen MR) is 100 cm³/mol. The van der Waals surface area contributed by atoms with Gasteiger partial charge in [-0.05, 0) is 25.0 Å². The molecule has 7 nitrogen and oxygen atoms in total. The standard InChI is InChI=1S/C19H18F2N6O/c1-25-10-24-16-13(8-22)18(26-6-2-3-11(23)9-26)27(17(16)19(25)28)12-4-5-14(20)15(21)7-12/h4-5,7,10-11H,2-3,6,9,23H2,1H3. The quantitative estimate of drug-likeness (QED) is 0.727. The number of anilines is 1. The minimum atomic E-state index is -1.04. The third-order valence-electron chi connectivity index (χ3n) is 5.03. The summed E-state index contributed by atoms with van der Waals surface area (Å²) in [5, 5.41) is 9.83. The van der Waals surface area contributed by atoms with Gasteiger partial charge in [0.2, 0.25) is 0 Å². The normalized spacial score (nSPS) is 17.1. The molecule has 1 unspecified atom stereocenters. The minimum absolute atomic E-state index is 0.0903. The van der Waals surface area contributed by atoms with Crippen LogP contribution in [0.5, 0.6) is 0 Å². The van der Waals surface area contributed by atoms with Crippen LogP contribution in [0.3, 0.4) is 0 Å². The average Bonchev–Trinajstić information content (AvgIpc) is 3.02. The summed E-state index contributed by atoms with van der Waals surface area (Å²) in [4.78, 5) is 19.1. The molecule has 0 spiro atoms. The molecule has 1 fully saturated rings. The third kappa shape index (κ3) is 2.73. The van der Waals surface area contributed by atoms with Crippen LogP contribution in [0, 0.1) is 23.0 Å². The van der Waals surface area contributed by atoms with Crippen LogP contribution in [-0.2, 0) is 7.05 Å². The zero-order valence-corrected chi connectivity index (χ0v) is 15.2. The van der Waals surface area contributed by atoms with E-state index in [9.17, 15) is 18.8 Å². The van der Waals surface area contributed by atoms with Crippen molar-refractivity contribution in [2.75, 3.05) is 18.0 Å². The number of aryl methyl sites for hydroxylation is 1. The lowest BCUT2D eigenvalue weighted by Crippen LogP contribution is -2.43. The van der Waals surface area contributed by atoms with E-state index in [0.717, 1.165) is 25.0 Å². The number of hydrogen-bond acceptors (Lipinski definition) is 5. The minimum Gasteiger partial charge on any atom is -0.355 e. The maximum atomic E-state index is 14.0. The molecule has 0 aliphatic carbocycles. The van der Waals surface area contributed by atoms with Gasteiger partial charge in [0.05, 0.1) is 12.0 Å². The van der Waals surface area contributed by atoms with Gasteiger partial charge in [0.1, 0.15) is 28.5 Å². The number of nitriles is 1. The number of nitrogens with zero attached hydrogens (tertiary/aromatic N) is 5. The van der Waals surface area contributed by atoms with Crippen LogP contribution in [0.4, 0.5) is 14.6 Å². The van der Waals surface area contributed by atoms with E-state index in [0.29, 0.717) is 18.9 Å². The molecule has 1 saturated heterocycles. The van der Waals surface area contributed by atoms with Crippen molar-refractivity contribution in [3.8, 4) is 11.8 Å². The molecule has 9 heteroatoms. The summed E-state index contributed by atoms with van der Waals surface area (Å²) in [5.41, 5.74) is 6.54. The van der Waals surface area contributed by atoms with Crippen molar-refractivity contribution >= 4 is 16.9 Å². The van der Waals surface area contributed by atoms with Crippen molar-refractivity contribution in [2.45, 2.75) is 18.9 Å². The SMILES string of the molecule is Cn1cnc2c(C#N)c(N3CCCC(N)C3)n(-c3ccc(F)c(F)c3)c2c1=O. The van der Waals surface area contributed by atoms with Gasteiger partial charge in [0.25, 0.3) is 5.56 Å². The highest BCUT2D eigenvalue weighted by atomic mass is 19.2. The highest BCUT2D eigenvalue weighted by Crippen LogP contribution is 2.34. The number of rotatable bonds is 2. The molecule has 1 atom stereocenters. The average molecular weight is 384 g/mol. The van der Waals surface area contributed by atoms with Gasteiger partial charge in [-0.2, -0.15) is 5.26 Å². The van der Waals surface area contributed by atoms with Crippen LogP contribution < -0.4 is 16.2 Å². The molecule has 1 aliphatic heterocycles. The van der Waals surface area contributed by atoms with Crippen molar-refractivity contribution in [1.29, 1.82) is 5.26 Å². The Morgan fingerprint density at radius 1 is 1.32 bits per heavy atom. The fourth-order valence-electron chi connectivity index (χ4n) is 3.71. The Morgan fingerprint density at radius 3 is 2.79 bits per heavy atom. The highest BCUT2D eigenvalue weighted by Gasteiger charge is 2.29. The van der Waals surface area contributed by atoms with Crippen molar-refractivity contribution in [3.05, 3.63) is 52.1 Å². The molecule has 1 aliphatic rings. The van der Waals surface area contributed by atoms with Gasteiger partial charge in [-0.25, -0.2) is 13.8 Å². The molecule has 3 aromatic rings. The second-order valence-electron chi connectivity index (χ2n) is 6.95. The molecule has 2 N–H and O–H groups in total. The summed E-state index contributed by atoms with van der Waals surface area (Å²) >= 11 is 0. The Morgan fingerprint density at radius 2 is 2.11 bits per heavy atom. The van der Waals surface area contributed by atoms with Gasteiger partial charge in [-0.1, -0.05) is 0 Å². The van der Waals surface area contributed by atoms with Gasteiger partial charge in [-0.15, -0.1) is 0 Å². The van der Waals surface area contributed by atoms with Gasteiger partial charge >= 0.3 is 0 Å². The first-order chi connectivity index (χ1) is 13.4. The predicted octanol–water partition coefficient (Wildman–Crippen LogP) is 1.80. The molecule has 28 heavy (non-hydrogen) atoms. The molecule has 4 rings (SSSR count). The Balaban J connectivity index is 2.11. The number of benzene rings is 1. The van der Waals surface area contributed by atoms with Crippen LogP contribution in [0.2, 0.25) is 0 Å². The topological polar surface area (TPSA) is 92.9 Å². The lowest BCUT2D eigenvalue weighted by molar-refractivity contribution is 0.500. The monoisotopic (exact) mass is 384 g/mol. The summed E-state index contributed by atoms with van der Waals surface area (Å²) in [6.45, 7) is 1.11. The Hall–Kier alpha value is -3.25. The Kier molecular flexibility index (Phi) is 4.35. The Labute approximate surface area is 159 Å².